The van der Waals surface area contributed by atoms with Crippen LogP contribution in [0.3, 0.4) is 0 Å². The quantitative estimate of drug-likeness (QED) is 0.762. The van der Waals surface area contributed by atoms with Gasteiger partial charge in [0.1, 0.15) is 0 Å². The normalized spacial score (nSPS) is 29.1. The molecule has 0 radical (unpaired) electrons. The fourth-order valence-corrected chi connectivity index (χ4v) is 4.17. The molecule has 6 nitrogen and oxygen atoms in total. The summed E-state index contributed by atoms with van der Waals surface area (Å²) in [5.74, 6) is 1.68. The molecule has 2 amide bonds. The monoisotopic (exact) mass is 394 g/mol. The molecule has 0 bridgehead atoms. The summed E-state index contributed by atoms with van der Waals surface area (Å²) in [6.45, 7) is 6.13. The molecule has 25 heavy (non-hydrogen) atoms. The lowest BCUT2D eigenvalue weighted by Crippen LogP contribution is -2.39. The molecule has 0 aromatic rings. The fourth-order valence-electron chi connectivity index (χ4n) is 4.17. The topological polar surface area (TPSA) is 55.9 Å². The van der Waals surface area contributed by atoms with Crippen molar-refractivity contribution in [1.29, 1.82) is 0 Å². The molecule has 1 N–H and O–H groups in total. The summed E-state index contributed by atoms with van der Waals surface area (Å²) in [5.41, 5.74) is 0. The number of hydrogen-bond acceptors (Lipinski definition) is 4. The fraction of sp³-hybridized carbons (Fsp3) is 0.882. The van der Waals surface area contributed by atoms with Crippen LogP contribution in [-0.2, 0) is 9.59 Å². The first-order valence-electron chi connectivity index (χ1n) is 8.96. The van der Waals surface area contributed by atoms with Crippen LogP contribution in [0.15, 0.2) is 0 Å². The van der Waals surface area contributed by atoms with Crippen LogP contribution in [0.5, 0.6) is 0 Å². The third-order valence-electron chi connectivity index (χ3n) is 5.71. The van der Waals surface area contributed by atoms with Crippen LogP contribution >= 0.6 is 24.8 Å². The van der Waals surface area contributed by atoms with Gasteiger partial charge in [-0.15, -0.1) is 24.8 Å². The Morgan fingerprint density at radius 1 is 1.16 bits per heavy atom. The van der Waals surface area contributed by atoms with Crippen molar-refractivity contribution in [3.05, 3.63) is 0 Å². The van der Waals surface area contributed by atoms with E-state index >= 15 is 0 Å². The highest BCUT2D eigenvalue weighted by Crippen LogP contribution is 2.29. The van der Waals surface area contributed by atoms with E-state index in [0.29, 0.717) is 13.0 Å². The van der Waals surface area contributed by atoms with Crippen molar-refractivity contribution in [2.24, 2.45) is 17.8 Å². The van der Waals surface area contributed by atoms with E-state index in [1.807, 2.05) is 23.9 Å². The summed E-state index contributed by atoms with van der Waals surface area (Å²) in [6.07, 6.45) is 2.61. The third kappa shape index (κ3) is 5.46. The van der Waals surface area contributed by atoms with Gasteiger partial charge < -0.3 is 20.0 Å². The molecule has 0 saturated carbocycles. The van der Waals surface area contributed by atoms with Crippen LogP contribution in [-0.4, -0.2) is 86.4 Å². The molecular weight excluding hydrogens is 363 g/mol. The number of rotatable bonds is 4. The van der Waals surface area contributed by atoms with E-state index in [4.69, 9.17) is 0 Å². The van der Waals surface area contributed by atoms with E-state index < -0.39 is 0 Å². The predicted octanol–water partition coefficient (Wildman–Crippen LogP) is 0.698. The number of hydrogen-bond donors (Lipinski definition) is 1. The molecule has 0 aliphatic carbocycles. The molecule has 0 spiro atoms. The summed E-state index contributed by atoms with van der Waals surface area (Å²) in [6, 6.07) is 0. The minimum Gasteiger partial charge on any atom is -0.342 e. The van der Waals surface area contributed by atoms with Crippen LogP contribution in [0.1, 0.15) is 19.3 Å². The Morgan fingerprint density at radius 3 is 2.32 bits per heavy atom. The summed E-state index contributed by atoms with van der Waals surface area (Å²) >= 11 is 0. The Hall–Kier alpha value is -0.560. The Balaban J connectivity index is 0.00000156. The second kappa shape index (κ2) is 9.95. The zero-order valence-electron chi connectivity index (χ0n) is 15.3. The van der Waals surface area contributed by atoms with Gasteiger partial charge in [0, 0.05) is 39.1 Å². The molecule has 3 atom stereocenters. The Bertz CT molecular complexity index is 450. The average molecular weight is 395 g/mol. The standard InChI is InChI=1S/C17H30N4O2.2ClH/c1-19(2)7-8-21-12-15(9-16(21)22)17(23)20-5-3-13-10-18-11-14(13)4-6-20;;/h13-15,18H,3-12H2,1-2H3;2*1H/t13-,14+,15?;;. The van der Waals surface area contributed by atoms with Crippen molar-refractivity contribution in [2.45, 2.75) is 19.3 Å². The maximum absolute atomic E-state index is 12.8. The Morgan fingerprint density at radius 2 is 1.76 bits per heavy atom. The number of fused-ring (bicyclic) bond motifs is 1. The van der Waals surface area contributed by atoms with E-state index in [0.717, 1.165) is 63.9 Å². The lowest BCUT2D eigenvalue weighted by atomic mass is 9.92. The molecule has 3 aliphatic heterocycles. The van der Waals surface area contributed by atoms with Gasteiger partial charge in [-0.25, -0.2) is 0 Å². The second-order valence-corrected chi connectivity index (χ2v) is 7.63. The van der Waals surface area contributed by atoms with Crippen molar-refractivity contribution >= 4 is 36.6 Å². The molecule has 0 aromatic heterocycles. The van der Waals surface area contributed by atoms with Crippen LogP contribution < -0.4 is 5.32 Å². The smallest absolute Gasteiger partial charge is 0.227 e. The van der Waals surface area contributed by atoms with Crippen molar-refractivity contribution in [2.75, 3.05) is 59.9 Å². The summed E-state index contributed by atoms with van der Waals surface area (Å²) in [7, 11) is 4.01. The van der Waals surface area contributed by atoms with E-state index in [1.54, 1.807) is 0 Å². The van der Waals surface area contributed by atoms with Crippen molar-refractivity contribution < 1.29 is 9.59 Å². The first-order chi connectivity index (χ1) is 11.0. The molecule has 3 saturated heterocycles. The average Bonchev–Trinajstić information content (AvgIpc) is 3.06. The highest BCUT2D eigenvalue weighted by atomic mass is 35.5. The van der Waals surface area contributed by atoms with Gasteiger partial charge in [-0.2, -0.15) is 0 Å². The van der Waals surface area contributed by atoms with Crippen LogP contribution in [0.2, 0.25) is 0 Å². The molecule has 1 unspecified atom stereocenters. The van der Waals surface area contributed by atoms with E-state index in [1.165, 1.54) is 0 Å². The number of halogens is 2. The zero-order valence-corrected chi connectivity index (χ0v) is 16.9. The van der Waals surface area contributed by atoms with Gasteiger partial charge in [0.25, 0.3) is 0 Å². The lowest BCUT2D eigenvalue weighted by molar-refractivity contribution is -0.135. The number of carbonyl (C=O) groups is 2. The van der Waals surface area contributed by atoms with E-state index in [2.05, 4.69) is 10.2 Å². The van der Waals surface area contributed by atoms with Crippen LogP contribution in [0.25, 0.3) is 0 Å². The molecule has 3 aliphatic rings. The van der Waals surface area contributed by atoms with Gasteiger partial charge in [0.2, 0.25) is 11.8 Å². The maximum Gasteiger partial charge on any atom is 0.227 e. The van der Waals surface area contributed by atoms with Gasteiger partial charge in [-0.1, -0.05) is 0 Å². The minimum atomic E-state index is -0.124. The molecular formula is C17H32Cl2N4O2. The molecule has 0 aromatic carbocycles. The highest BCUT2D eigenvalue weighted by molar-refractivity contribution is 5.89. The second-order valence-electron chi connectivity index (χ2n) is 7.63. The molecule has 3 heterocycles. The van der Waals surface area contributed by atoms with Crippen molar-refractivity contribution in [3.63, 3.8) is 0 Å². The number of nitrogens with one attached hydrogen (secondary N) is 1. The maximum atomic E-state index is 12.8. The van der Waals surface area contributed by atoms with Gasteiger partial charge in [0.15, 0.2) is 0 Å². The molecule has 146 valence electrons. The lowest BCUT2D eigenvalue weighted by Gasteiger charge is -2.24. The minimum absolute atomic E-state index is 0. The van der Waals surface area contributed by atoms with Crippen molar-refractivity contribution in [3.8, 4) is 0 Å². The van der Waals surface area contributed by atoms with Gasteiger partial charge in [-0.3, -0.25) is 9.59 Å². The largest absolute Gasteiger partial charge is 0.342 e. The summed E-state index contributed by atoms with van der Waals surface area (Å²) < 4.78 is 0. The summed E-state index contributed by atoms with van der Waals surface area (Å²) in [5, 5.41) is 3.47. The zero-order chi connectivity index (χ0) is 16.4. The number of likely N-dealkylation sites (N-methyl/N-ethyl adjacent to an activating group) is 1. The Kier molecular flexibility index (Phi) is 8.95. The molecule has 8 heteroatoms. The van der Waals surface area contributed by atoms with Crippen molar-refractivity contribution in [1.82, 2.24) is 20.0 Å². The SMILES string of the molecule is CN(C)CCN1CC(C(=O)N2CC[C@@H]3CNC[C@@H]3CC2)CC1=O.Cl.Cl. The highest BCUT2D eigenvalue weighted by Gasteiger charge is 2.38. The molecule has 3 fully saturated rings. The summed E-state index contributed by atoms with van der Waals surface area (Å²) in [4.78, 5) is 30.9. The van der Waals surface area contributed by atoms with Gasteiger partial charge in [0.05, 0.1) is 5.92 Å². The third-order valence-corrected chi connectivity index (χ3v) is 5.71. The van der Waals surface area contributed by atoms with E-state index in [9.17, 15) is 9.59 Å². The predicted molar refractivity (Wildman–Crippen MR) is 103 cm³/mol. The number of likely N-dealkylation sites (tertiary alicyclic amines) is 2. The number of amides is 2. The first-order valence-corrected chi connectivity index (χ1v) is 8.96. The van der Waals surface area contributed by atoms with Gasteiger partial charge in [-0.05, 0) is 51.9 Å². The number of nitrogens with zero attached hydrogens (tertiary/aromatic N) is 3. The van der Waals surface area contributed by atoms with E-state index in [-0.39, 0.29) is 42.5 Å². The first kappa shape index (κ1) is 22.5. The Labute approximate surface area is 163 Å². The number of carbonyl (C=O) groups excluding carboxylic acids is 2. The molecule has 3 rings (SSSR count). The van der Waals surface area contributed by atoms with Crippen LogP contribution in [0.4, 0.5) is 0 Å². The van der Waals surface area contributed by atoms with Crippen LogP contribution in [0, 0.1) is 17.8 Å². The van der Waals surface area contributed by atoms with Gasteiger partial charge >= 0.3 is 0 Å².